The lowest BCUT2D eigenvalue weighted by molar-refractivity contribution is -0.142. The second kappa shape index (κ2) is 14.8. The molecular weight excluding hydrogens is 644 g/mol. The van der Waals surface area contributed by atoms with E-state index in [2.05, 4.69) is 37.4 Å². The number of benzene rings is 2. The molecule has 4 fully saturated rings. The fraction of sp³-hybridized carbons (Fsp3) is 0.590. The highest BCUT2D eigenvalue weighted by Crippen LogP contribution is 2.31. The van der Waals surface area contributed by atoms with Crippen LogP contribution in [0, 0.1) is 12.8 Å². The summed E-state index contributed by atoms with van der Waals surface area (Å²) in [5.74, 6) is 0.813. The van der Waals surface area contributed by atoms with Crippen LogP contribution in [0.3, 0.4) is 0 Å². The number of ether oxygens (including phenoxy) is 1. The minimum absolute atomic E-state index is 0.0351. The van der Waals surface area contributed by atoms with Gasteiger partial charge in [-0.3, -0.25) is 14.8 Å². The molecule has 3 aromatic rings. The van der Waals surface area contributed by atoms with E-state index in [9.17, 15) is 14.4 Å². The molecule has 1 aromatic heterocycles. The van der Waals surface area contributed by atoms with E-state index in [0.29, 0.717) is 58.0 Å². The number of piperidine rings is 2. The molecule has 5 aliphatic rings. The number of rotatable bonds is 8. The summed E-state index contributed by atoms with van der Waals surface area (Å²) in [7, 11) is 0. The van der Waals surface area contributed by atoms with Gasteiger partial charge in [0.1, 0.15) is 0 Å². The van der Waals surface area contributed by atoms with Crippen molar-refractivity contribution in [1.82, 2.24) is 34.7 Å². The van der Waals surface area contributed by atoms with Crippen molar-refractivity contribution in [2.24, 2.45) is 5.92 Å². The van der Waals surface area contributed by atoms with E-state index in [0.717, 1.165) is 84.6 Å². The van der Waals surface area contributed by atoms with Crippen molar-refractivity contribution in [3.63, 3.8) is 0 Å². The summed E-state index contributed by atoms with van der Waals surface area (Å²) in [5, 5.41) is 11.3. The lowest BCUT2D eigenvalue weighted by Gasteiger charge is -2.43. The van der Waals surface area contributed by atoms with Crippen molar-refractivity contribution in [2.45, 2.75) is 76.5 Å². The van der Waals surface area contributed by atoms with Gasteiger partial charge in [-0.05, 0) is 86.6 Å². The maximum Gasteiger partial charge on any atom is 0.410 e. The zero-order chi connectivity index (χ0) is 34.9. The Morgan fingerprint density at radius 2 is 1.61 bits per heavy atom. The van der Waals surface area contributed by atoms with Crippen LogP contribution in [-0.4, -0.2) is 136 Å². The van der Waals surface area contributed by atoms with E-state index < -0.39 is 12.2 Å². The van der Waals surface area contributed by atoms with Crippen LogP contribution in [0.2, 0.25) is 0 Å². The molecule has 272 valence electrons. The predicted octanol–water partition coefficient (Wildman–Crippen LogP) is 4.49. The molecule has 4 amide bonds. The number of aromatic amines is 1. The molecule has 0 radical (unpaired) electrons. The summed E-state index contributed by atoms with van der Waals surface area (Å²) < 4.78 is 6.16. The Balaban J connectivity index is 0.892. The van der Waals surface area contributed by atoms with Crippen molar-refractivity contribution < 1.29 is 19.1 Å². The van der Waals surface area contributed by atoms with E-state index in [1.807, 2.05) is 41.0 Å². The standard InChI is InChI=1S/C39H52N8O4/c1-27-22-29(23-31-25-40-42-36(27)31)24-35(37(48)45-13-9-32(10-14-45)44-20-18-43(19-21-44)26-28-6-7-28)51-39(50)46-15-11-33(12-16-46)47-17-8-30-4-2-3-5-34(30)41-38(47)49/h2-5,22-23,25,28,32-33,35H,6-21,24,26H2,1H3,(H,40,42)(H,41,49)/t35-/m1/s1. The highest BCUT2D eigenvalue weighted by atomic mass is 16.6. The number of piperazine rings is 1. The van der Waals surface area contributed by atoms with E-state index >= 15 is 0 Å². The van der Waals surface area contributed by atoms with Gasteiger partial charge in [-0.2, -0.15) is 5.10 Å². The number of carbonyl (C=O) groups excluding carboxylic acids is 3. The van der Waals surface area contributed by atoms with Crippen molar-refractivity contribution >= 4 is 34.6 Å². The number of urea groups is 1. The topological polar surface area (TPSA) is 117 Å². The molecular formula is C39H52N8O4. The number of nitrogens with one attached hydrogen (secondary N) is 2. The first-order chi connectivity index (χ1) is 24.9. The van der Waals surface area contributed by atoms with Gasteiger partial charge in [0.2, 0.25) is 0 Å². The number of hydrogen-bond acceptors (Lipinski definition) is 7. The van der Waals surface area contributed by atoms with Crippen molar-refractivity contribution in [1.29, 1.82) is 0 Å². The van der Waals surface area contributed by atoms with Crippen LogP contribution in [0.1, 0.15) is 55.2 Å². The molecule has 4 aliphatic heterocycles. The number of carbonyl (C=O) groups is 3. The Bertz CT molecular complexity index is 1720. The largest absolute Gasteiger partial charge is 0.436 e. The first-order valence-electron chi connectivity index (χ1n) is 19.2. The molecule has 2 aromatic carbocycles. The van der Waals surface area contributed by atoms with E-state index in [-0.39, 0.29) is 18.0 Å². The predicted molar refractivity (Wildman–Crippen MR) is 196 cm³/mol. The molecule has 12 nitrogen and oxygen atoms in total. The number of likely N-dealkylation sites (tertiary alicyclic amines) is 2. The lowest BCUT2D eigenvalue weighted by Crippen LogP contribution is -2.55. The molecule has 2 N–H and O–H groups in total. The summed E-state index contributed by atoms with van der Waals surface area (Å²) in [6.45, 7) is 10.7. The van der Waals surface area contributed by atoms with Crippen LogP contribution < -0.4 is 5.32 Å². The van der Waals surface area contributed by atoms with Crippen LogP contribution in [0.25, 0.3) is 10.9 Å². The summed E-state index contributed by atoms with van der Waals surface area (Å²) in [6.07, 6.45) is 7.51. The molecule has 0 unspecified atom stereocenters. The molecule has 5 heterocycles. The number of aryl methyl sites for hydroxylation is 1. The van der Waals surface area contributed by atoms with Gasteiger partial charge in [0.25, 0.3) is 5.91 Å². The third kappa shape index (κ3) is 7.72. The fourth-order valence-corrected chi connectivity index (χ4v) is 8.75. The Kier molecular flexibility index (Phi) is 9.87. The van der Waals surface area contributed by atoms with E-state index in [1.165, 1.54) is 19.4 Å². The SMILES string of the molecule is Cc1cc(C[C@@H](OC(=O)N2CCC(N3CCc4ccccc4NC3=O)CC2)C(=O)N2CCC(N3CCN(CC4CC4)CC3)CC2)cc2cn[nH]c12. The normalized spacial score (nSPS) is 22.1. The first kappa shape index (κ1) is 34.0. The minimum Gasteiger partial charge on any atom is -0.436 e. The highest BCUT2D eigenvalue weighted by molar-refractivity contribution is 5.91. The van der Waals surface area contributed by atoms with Crippen LogP contribution in [-0.2, 0) is 22.4 Å². The van der Waals surface area contributed by atoms with Crippen LogP contribution in [0.5, 0.6) is 0 Å². The van der Waals surface area contributed by atoms with Crippen LogP contribution in [0.15, 0.2) is 42.6 Å². The van der Waals surface area contributed by atoms with Gasteiger partial charge in [0, 0.05) is 95.0 Å². The molecule has 1 atom stereocenters. The third-order valence-electron chi connectivity index (χ3n) is 12.0. The molecule has 12 heteroatoms. The van der Waals surface area contributed by atoms with E-state index in [4.69, 9.17) is 4.74 Å². The molecule has 0 bridgehead atoms. The number of amides is 4. The molecule has 1 aliphatic carbocycles. The monoisotopic (exact) mass is 696 g/mol. The van der Waals surface area contributed by atoms with Gasteiger partial charge in [-0.15, -0.1) is 0 Å². The average molecular weight is 697 g/mol. The molecule has 8 rings (SSSR count). The molecule has 51 heavy (non-hydrogen) atoms. The van der Waals surface area contributed by atoms with Crippen molar-refractivity contribution in [2.75, 3.05) is 70.8 Å². The number of nitrogens with zero attached hydrogens (tertiary/aromatic N) is 6. The average Bonchev–Trinajstić information content (AvgIpc) is 3.87. The smallest absolute Gasteiger partial charge is 0.410 e. The lowest BCUT2D eigenvalue weighted by atomic mass is 9.99. The maximum atomic E-state index is 14.2. The molecule has 1 saturated carbocycles. The van der Waals surface area contributed by atoms with Gasteiger partial charge >= 0.3 is 12.1 Å². The van der Waals surface area contributed by atoms with Gasteiger partial charge in [-0.25, -0.2) is 9.59 Å². The van der Waals surface area contributed by atoms with Gasteiger partial charge in [0.05, 0.1) is 11.7 Å². The minimum atomic E-state index is -0.920. The highest BCUT2D eigenvalue weighted by Gasteiger charge is 2.37. The second-order valence-corrected chi connectivity index (χ2v) is 15.4. The van der Waals surface area contributed by atoms with Crippen LogP contribution in [0.4, 0.5) is 15.3 Å². The van der Waals surface area contributed by atoms with Gasteiger partial charge in [0.15, 0.2) is 6.10 Å². The zero-order valence-electron chi connectivity index (χ0n) is 29.9. The molecule has 0 spiro atoms. The quantitative estimate of drug-likeness (QED) is 0.357. The zero-order valence-corrected chi connectivity index (χ0v) is 29.9. The number of aromatic nitrogens is 2. The third-order valence-corrected chi connectivity index (χ3v) is 12.0. The summed E-state index contributed by atoms with van der Waals surface area (Å²) in [5.41, 5.74) is 4.96. The Morgan fingerprint density at radius 3 is 2.37 bits per heavy atom. The first-order valence-corrected chi connectivity index (χ1v) is 19.2. The molecule has 3 saturated heterocycles. The number of fused-ring (bicyclic) bond motifs is 2. The second-order valence-electron chi connectivity index (χ2n) is 15.4. The Hall–Kier alpha value is -4.16. The number of para-hydroxylation sites is 1. The van der Waals surface area contributed by atoms with E-state index in [1.54, 1.807) is 11.1 Å². The number of hydrogen-bond donors (Lipinski definition) is 2. The van der Waals surface area contributed by atoms with Crippen molar-refractivity contribution in [3.05, 3.63) is 59.3 Å². The number of anilines is 1. The van der Waals surface area contributed by atoms with Gasteiger partial charge in [-0.1, -0.05) is 24.3 Å². The summed E-state index contributed by atoms with van der Waals surface area (Å²) in [4.78, 5) is 51.9. The Labute approximate surface area is 300 Å². The number of H-pyrrole nitrogens is 1. The van der Waals surface area contributed by atoms with Gasteiger partial charge < -0.3 is 29.7 Å². The van der Waals surface area contributed by atoms with Crippen LogP contribution >= 0.6 is 0 Å². The van der Waals surface area contributed by atoms with Crippen molar-refractivity contribution in [3.8, 4) is 0 Å². The summed E-state index contributed by atoms with van der Waals surface area (Å²) in [6, 6.07) is 12.5. The maximum absolute atomic E-state index is 14.2. The summed E-state index contributed by atoms with van der Waals surface area (Å²) >= 11 is 0. The Morgan fingerprint density at radius 1 is 0.882 bits per heavy atom. The fourth-order valence-electron chi connectivity index (χ4n) is 8.75.